The maximum absolute atomic E-state index is 10.7. The Bertz CT molecular complexity index is 261. The predicted octanol–water partition coefficient (Wildman–Crippen LogP) is 1.35. The van der Waals surface area contributed by atoms with Gasteiger partial charge >= 0.3 is 5.97 Å². The summed E-state index contributed by atoms with van der Waals surface area (Å²) in [6.07, 6.45) is 1.02. The van der Waals surface area contributed by atoms with Gasteiger partial charge in [0.15, 0.2) is 0 Å². The van der Waals surface area contributed by atoms with Gasteiger partial charge in [-0.05, 0) is 20.3 Å². The van der Waals surface area contributed by atoms with E-state index < -0.39 is 11.9 Å². The first-order valence-electron chi connectivity index (χ1n) is 5.91. The lowest BCUT2D eigenvalue weighted by molar-refractivity contribution is -0.141. The number of carboxylic acids is 1. The molecule has 0 aromatic rings. The molecule has 0 spiro atoms. The molecule has 0 rings (SSSR count). The van der Waals surface area contributed by atoms with Gasteiger partial charge in [0.05, 0.1) is 24.6 Å². The van der Waals surface area contributed by atoms with Gasteiger partial charge in [0.2, 0.25) is 0 Å². The highest BCUT2D eigenvalue weighted by Crippen LogP contribution is 2.02. The zero-order chi connectivity index (χ0) is 13.3. The van der Waals surface area contributed by atoms with Crippen LogP contribution in [-0.4, -0.2) is 48.3 Å². The minimum atomic E-state index is -0.827. The monoisotopic (exact) mass is 242 g/mol. The lowest BCUT2D eigenvalue weighted by Gasteiger charge is -2.21. The van der Waals surface area contributed by atoms with E-state index in [0.717, 1.165) is 6.42 Å². The van der Waals surface area contributed by atoms with Crippen LogP contribution in [0, 0.1) is 17.2 Å². The van der Waals surface area contributed by atoms with Gasteiger partial charge in [0.25, 0.3) is 0 Å². The van der Waals surface area contributed by atoms with Crippen molar-refractivity contribution in [3.05, 3.63) is 0 Å². The van der Waals surface area contributed by atoms with Crippen LogP contribution in [0.3, 0.4) is 0 Å². The Morgan fingerprint density at radius 1 is 1.47 bits per heavy atom. The number of aliphatic carboxylic acids is 1. The molecule has 5 heteroatoms. The molecule has 0 aliphatic rings. The van der Waals surface area contributed by atoms with Gasteiger partial charge in [0.1, 0.15) is 0 Å². The summed E-state index contributed by atoms with van der Waals surface area (Å²) in [4.78, 5) is 12.6. The van der Waals surface area contributed by atoms with Crippen LogP contribution >= 0.6 is 0 Å². The van der Waals surface area contributed by atoms with Crippen LogP contribution in [0.25, 0.3) is 0 Å². The fraction of sp³-hybridized carbons (Fsp3) is 0.833. The maximum atomic E-state index is 10.7. The Labute approximate surface area is 103 Å². The summed E-state index contributed by atoms with van der Waals surface area (Å²) in [5.74, 6) is -1.28. The van der Waals surface area contributed by atoms with Gasteiger partial charge in [0, 0.05) is 19.7 Å². The molecule has 0 amide bonds. The first-order valence-corrected chi connectivity index (χ1v) is 5.91. The van der Waals surface area contributed by atoms with Crippen molar-refractivity contribution in [2.45, 2.75) is 33.3 Å². The molecule has 1 atom stereocenters. The third kappa shape index (κ3) is 8.66. The molecular weight excluding hydrogens is 220 g/mol. The zero-order valence-corrected chi connectivity index (χ0v) is 10.8. The standard InChI is InChI=1S/C12H22N2O3/c1-10(2)17-8-4-6-14(7-5-13)9-11(3)12(15)16/h10-11H,4,6-9H2,1-3H3,(H,15,16). The Balaban J connectivity index is 3.90. The SMILES string of the molecule is CC(C)OCCCN(CC#N)CC(C)C(=O)O. The lowest BCUT2D eigenvalue weighted by Crippen LogP contribution is -2.33. The van der Waals surface area contributed by atoms with Gasteiger partial charge < -0.3 is 9.84 Å². The Morgan fingerprint density at radius 2 is 2.12 bits per heavy atom. The third-order valence-corrected chi connectivity index (χ3v) is 2.32. The predicted molar refractivity (Wildman–Crippen MR) is 64.6 cm³/mol. The third-order valence-electron chi connectivity index (χ3n) is 2.32. The van der Waals surface area contributed by atoms with Gasteiger partial charge in [-0.2, -0.15) is 5.26 Å². The summed E-state index contributed by atoms with van der Waals surface area (Å²) in [5.41, 5.74) is 0. The molecular formula is C12H22N2O3. The normalized spacial score (nSPS) is 12.7. The van der Waals surface area contributed by atoms with Crippen molar-refractivity contribution < 1.29 is 14.6 Å². The number of ether oxygens (including phenoxy) is 1. The molecule has 0 aliphatic carbocycles. The van der Waals surface area contributed by atoms with Crippen LogP contribution in [0.2, 0.25) is 0 Å². The number of carboxylic acid groups (broad SMARTS) is 1. The topological polar surface area (TPSA) is 73.6 Å². The second kappa shape index (κ2) is 8.97. The first-order chi connectivity index (χ1) is 7.97. The summed E-state index contributed by atoms with van der Waals surface area (Å²) >= 11 is 0. The van der Waals surface area contributed by atoms with Crippen LogP contribution in [0.1, 0.15) is 27.2 Å². The van der Waals surface area contributed by atoms with Crippen molar-refractivity contribution >= 4 is 5.97 Å². The molecule has 1 unspecified atom stereocenters. The van der Waals surface area contributed by atoms with Crippen LogP contribution in [0.15, 0.2) is 0 Å². The molecule has 0 radical (unpaired) electrons. The minimum absolute atomic E-state index is 0.206. The van der Waals surface area contributed by atoms with E-state index in [-0.39, 0.29) is 12.6 Å². The average Bonchev–Trinajstić information content (AvgIpc) is 2.23. The quantitative estimate of drug-likeness (QED) is 0.488. The number of nitrogens with zero attached hydrogens (tertiary/aromatic N) is 2. The molecule has 17 heavy (non-hydrogen) atoms. The van der Waals surface area contributed by atoms with Crippen molar-refractivity contribution in [1.82, 2.24) is 4.90 Å². The number of rotatable bonds is 9. The molecule has 0 heterocycles. The molecule has 5 nitrogen and oxygen atoms in total. The van der Waals surface area contributed by atoms with Gasteiger partial charge in [-0.25, -0.2) is 0 Å². The Hall–Kier alpha value is -1.12. The molecule has 0 fully saturated rings. The summed E-state index contributed by atoms with van der Waals surface area (Å²) in [7, 11) is 0. The summed E-state index contributed by atoms with van der Waals surface area (Å²) < 4.78 is 5.40. The van der Waals surface area contributed by atoms with Gasteiger partial charge in [-0.1, -0.05) is 6.92 Å². The Kier molecular flexibility index (Phi) is 8.38. The van der Waals surface area contributed by atoms with Gasteiger partial charge in [-0.3, -0.25) is 9.69 Å². The molecule has 0 aliphatic heterocycles. The highest BCUT2D eigenvalue weighted by molar-refractivity contribution is 5.69. The van der Waals surface area contributed by atoms with Crippen molar-refractivity contribution in [3.63, 3.8) is 0 Å². The largest absolute Gasteiger partial charge is 0.481 e. The van der Waals surface area contributed by atoms with E-state index in [1.807, 2.05) is 18.7 Å². The van der Waals surface area contributed by atoms with Crippen LogP contribution < -0.4 is 0 Å². The van der Waals surface area contributed by atoms with Crippen molar-refractivity contribution in [1.29, 1.82) is 5.26 Å². The molecule has 0 saturated carbocycles. The van der Waals surface area contributed by atoms with Gasteiger partial charge in [-0.15, -0.1) is 0 Å². The second-order valence-electron chi connectivity index (χ2n) is 4.41. The van der Waals surface area contributed by atoms with E-state index in [4.69, 9.17) is 15.1 Å². The Morgan fingerprint density at radius 3 is 2.59 bits per heavy atom. The maximum Gasteiger partial charge on any atom is 0.307 e. The minimum Gasteiger partial charge on any atom is -0.481 e. The van der Waals surface area contributed by atoms with Crippen molar-refractivity contribution in [2.24, 2.45) is 5.92 Å². The fourth-order valence-corrected chi connectivity index (χ4v) is 1.41. The highest BCUT2D eigenvalue weighted by Gasteiger charge is 2.15. The molecule has 0 saturated heterocycles. The van der Waals surface area contributed by atoms with E-state index >= 15 is 0 Å². The smallest absolute Gasteiger partial charge is 0.307 e. The molecule has 98 valence electrons. The summed E-state index contributed by atoms with van der Waals surface area (Å²) in [6, 6.07) is 2.05. The number of hydrogen-bond acceptors (Lipinski definition) is 4. The van der Waals surface area contributed by atoms with Crippen LogP contribution in [-0.2, 0) is 9.53 Å². The zero-order valence-electron chi connectivity index (χ0n) is 10.8. The van der Waals surface area contributed by atoms with E-state index in [1.54, 1.807) is 6.92 Å². The first kappa shape index (κ1) is 15.9. The second-order valence-corrected chi connectivity index (χ2v) is 4.41. The summed E-state index contributed by atoms with van der Waals surface area (Å²) in [6.45, 7) is 7.60. The molecule has 0 aromatic carbocycles. The van der Waals surface area contributed by atoms with Crippen molar-refractivity contribution in [3.8, 4) is 6.07 Å². The lowest BCUT2D eigenvalue weighted by atomic mass is 10.1. The number of carbonyl (C=O) groups is 1. The molecule has 0 aromatic heterocycles. The molecule has 1 N–H and O–H groups in total. The van der Waals surface area contributed by atoms with E-state index in [9.17, 15) is 4.79 Å². The highest BCUT2D eigenvalue weighted by atomic mass is 16.5. The van der Waals surface area contributed by atoms with Crippen molar-refractivity contribution in [2.75, 3.05) is 26.2 Å². The summed E-state index contributed by atoms with van der Waals surface area (Å²) in [5, 5.41) is 17.5. The fourth-order valence-electron chi connectivity index (χ4n) is 1.41. The van der Waals surface area contributed by atoms with Crippen LogP contribution in [0.5, 0.6) is 0 Å². The van der Waals surface area contributed by atoms with Crippen LogP contribution in [0.4, 0.5) is 0 Å². The van der Waals surface area contributed by atoms with E-state index in [0.29, 0.717) is 19.7 Å². The van der Waals surface area contributed by atoms with E-state index in [1.165, 1.54) is 0 Å². The van der Waals surface area contributed by atoms with E-state index in [2.05, 4.69) is 6.07 Å². The molecule has 0 bridgehead atoms. The number of hydrogen-bond donors (Lipinski definition) is 1. The number of nitriles is 1. The average molecular weight is 242 g/mol.